The molecule has 4 atom stereocenters. The lowest BCUT2D eigenvalue weighted by molar-refractivity contribution is -0.274. The first kappa shape index (κ1) is 20.4. The van der Waals surface area contributed by atoms with Gasteiger partial charge in [-0.25, -0.2) is 0 Å². The Morgan fingerprint density at radius 2 is 2.07 bits per heavy atom. The van der Waals surface area contributed by atoms with Crippen LogP contribution in [0.25, 0.3) is 0 Å². The molecule has 1 aliphatic heterocycles. The van der Waals surface area contributed by atoms with E-state index in [-0.39, 0.29) is 17.6 Å². The molecular weight excluding hydrogens is 357 g/mol. The second kappa shape index (κ2) is 8.80. The van der Waals surface area contributed by atoms with Gasteiger partial charge in [-0.15, -0.1) is 13.2 Å². The van der Waals surface area contributed by atoms with Gasteiger partial charge in [0.1, 0.15) is 5.75 Å². The van der Waals surface area contributed by atoms with Crippen LogP contribution < -0.4 is 10.1 Å². The number of benzene rings is 1. The molecule has 7 heteroatoms. The van der Waals surface area contributed by atoms with Crippen LogP contribution in [0.1, 0.15) is 44.1 Å². The van der Waals surface area contributed by atoms with Gasteiger partial charge >= 0.3 is 6.36 Å². The van der Waals surface area contributed by atoms with Gasteiger partial charge in [-0.05, 0) is 43.4 Å². The van der Waals surface area contributed by atoms with Crippen LogP contribution in [0.4, 0.5) is 13.2 Å². The molecule has 0 spiro atoms. The van der Waals surface area contributed by atoms with Crippen LogP contribution in [0.2, 0.25) is 0 Å². The number of piperazine rings is 1. The van der Waals surface area contributed by atoms with Crippen LogP contribution >= 0.6 is 0 Å². The Labute approximate surface area is 158 Å². The summed E-state index contributed by atoms with van der Waals surface area (Å²) in [7, 11) is 0. The molecule has 1 aromatic carbocycles. The highest BCUT2D eigenvalue weighted by atomic mass is 19.4. The molecule has 4 nitrogen and oxygen atoms in total. The zero-order valence-electron chi connectivity index (χ0n) is 15.7. The van der Waals surface area contributed by atoms with Crippen LogP contribution in [0.15, 0.2) is 24.3 Å². The van der Waals surface area contributed by atoms with E-state index in [2.05, 4.69) is 21.9 Å². The van der Waals surface area contributed by atoms with Gasteiger partial charge in [0.15, 0.2) is 0 Å². The van der Waals surface area contributed by atoms with Gasteiger partial charge in [0.05, 0.1) is 6.10 Å². The Morgan fingerprint density at radius 1 is 1.30 bits per heavy atom. The standard InChI is InChI=1S/C20H29F3N2O2/c1-14-12-25(10-9-24-14)13-18(17-7-2-3-8-19(17)26)15-5-4-6-16(11-15)27-20(21,22)23/h4-6,11,14,17-19,24,26H,2-3,7-10,12-13H2,1H3/t14-,17?,18+,19?/m0/s1. The van der Waals surface area contributed by atoms with Gasteiger partial charge in [0.25, 0.3) is 0 Å². The van der Waals surface area contributed by atoms with Crippen molar-refractivity contribution in [3.05, 3.63) is 29.8 Å². The first-order valence-corrected chi connectivity index (χ1v) is 9.81. The minimum absolute atomic E-state index is 0.0117. The molecule has 3 rings (SSSR count). The van der Waals surface area contributed by atoms with Gasteiger partial charge in [-0.1, -0.05) is 25.0 Å². The van der Waals surface area contributed by atoms with Crippen molar-refractivity contribution in [2.24, 2.45) is 5.92 Å². The molecule has 2 N–H and O–H groups in total. The van der Waals surface area contributed by atoms with Crippen molar-refractivity contribution in [1.29, 1.82) is 0 Å². The summed E-state index contributed by atoms with van der Waals surface area (Å²) in [5.74, 6) is -0.142. The van der Waals surface area contributed by atoms with Crippen molar-refractivity contribution < 1.29 is 23.0 Å². The molecule has 2 unspecified atom stereocenters. The summed E-state index contributed by atoms with van der Waals surface area (Å²) in [5.41, 5.74) is 0.814. The third-order valence-corrected chi connectivity index (χ3v) is 5.73. The molecule has 1 heterocycles. The third-order valence-electron chi connectivity index (χ3n) is 5.73. The van der Waals surface area contributed by atoms with E-state index in [1.165, 1.54) is 12.1 Å². The Morgan fingerprint density at radius 3 is 2.78 bits per heavy atom. The van der Waals surface area contributed by atoms with Crippen molar-refractivity contribution in [2.45, 2.75) is 57.0 Å². The Bertz CT molecular complexity index is 611. The maximum atomic E-state index is 12.6. The molecule has 27 heavy (non-hydrogen) atoms. The maximum absolute atomic E-state index is 12.6. The van der Waals surface area contributed by atoms with Crippen molar-refractivity contribution >= 4 is 0 Å². The molecule has 2 aliphatic rings. The summed E-state index contributed by atoms with van der Waals surface area (Å²) in [4.78, 5) is 2.35. The van der Waals surface area contributed by atoms with Crippen molar-refractivity contribution in [2.75, 3.05) is 26.2 Å². The first-order valence-electron chi connectivity index (χ1n) is 9.81. The van der Waals surface area contributed by atoms with Crippen LogP contribution in [0.5, 0.6) is 5.75 Å². The van der Waals surface area contributed by atoms with Crippen LogP contribution in [-0.2, 0) is 0 Å². The smallest absolute Gasteiger partial charge is 0.406 e. The summed E-state index contributed by atoms with van der Waals surface area (Å²) < 4.78 is 42.0. The fourth-order valence-corrected chi connectivity index (χ4v) is 4.50. The lowest BCUT2D eigenvalue weighted by Crippen LogP contribution is -2.51. The SMILES string of the molecule is C[C@H]1CN(C[C@H](c2cccc(OC(F)(F)F)c2)C2CCCCC2O)CCN1. The molecule has 1 saturated heterocycles. The van der Waals surface area contributed by atoms with Crippen LogP contribution in [0.3, 0.4) is 0 Å². The number of ether oxygens (including phenoxy) is 1. The van der Waals surface area contributed by atoms with Gasteiger partial charge in [-0.2, -0.15) is 0 Å². The summed E-state index contributed by atoms with van der Waals surface area (Å²) in [6, 6.07) is 6.68. The topological polar surface area (TPSA) is 44.7 Å². The van der Waals surface area contributed by atoms with E-state index in [1.54, 1.807) is 6.07 Å². The number of nitrogens with zero attached hydrogens (tertiary/aromatic N) is 1. The Balaban J connectivity index is 1.83. The maximum Gasteiger partial charge on any atom is 0.573 e. The fourth-order valence-electron chi connectivity index (χ4n) is 4.50. The predicted molar refractivity (Wildman–Crippen MR) is 97.7 cm³/mol. The molecule has 1 saturated carbocycles. The zero-order chi connectivity index (χ0) is 19.4. The second-order valence-corrected chi connectivity index (χ2v) is 7.86. The average molecular weight is 386 g/mol. The highest BCUT2D eigenvalue weighted by Crippen LogP contribution is 2.38. The van der Waals surface area contributed by atoms with E-state index in [0.717, 1.165) is 57.4 Å². The Hall–Kier alpha value is -1.31. The molecule has 0 radical (unpaired) electrons. The molecule has 2 fully saturated rings. The van der Waals surface area contributed by atoms with Crippen molar-refractivity contribution in [1.82, 2.24) is 10.2 Å². The molecule has 1 aromatic rings. The number of alkyl halides is 3. The number of aliphatic hydroxyl groups excluding tert-OH is 1. The third kappa shape index (κ3) is 5.83. The molecule has 0 amide bonds. The van der Waals surface area contributed by atoms with Crippen molar-refractivity contribution in [3.8, 4) is 5.75 Å². The number of halogens is 3. The quantitative estimate of drug-likeness (QED) is 0.813. The minimum Gasteiger partial charge on any atom is -0.406 e. The predicted octanol–water partition coefficient (Wildman–Crippen LogP) is 3.51. The highest BCUT2D eigenvalue weighted by molar-refractivity contribution is 5.32. The van der Waals surface area contributed by atoms with Crippen molar-refractivity contribution in [3.63, 3.8) is 0 Å². The second-order valence-electron chi connectivity index (χ2n) is 7.86. The summed E-state index contributed by atoms with van der Waals surface area (Å²) in [5, 5.41) is 14.0. The zero-order valence-corrected chi connectivity index (χ0v) is 15.7. The Kier molecular flexibility index (Phi) is 6.65. The number of rotatable bonds is 5. The highest BCUT2D eigenvalue weighted by Gasteiger charge is 2.35. The van der Waals surface area contributed by atoms with E-state index in [0.29, 0.717) is 6.04 Å². The molecule has 0 aromatic heterocycles. The normalized spacial score (nSPS) is 28.7. The van der Waals surface area contributed by atoms with Gasteiger partial charge in [0.2, 0.25) is 0 Å². The van der Waals surface area contributed by atoms with E-state index in [9.17, 15) is 18.3 Å². The van der Waals surface area contributed by atoms with Crippen LogP contribution in [0, 0.1) is 5.92 Å². The molecule has 0 bridgehead atoms. The number of hydrogen-bond donors (Lipinski definition) is 2. The van der Waals surface area contributed by atoms with E-state index in [1.807, 2.05) is 6.07 Å². The summed E-state index contributed by atoms with van der Waals surface area (Å²) in [6.07, 6.45) is -1.39. The molecule has 152 valence electrons. The number of nitrogens with one attached hydrogen (secondary N) is 1. The van der Waals surface area contributed by atoms with E-state index in [4.69, 9.17) is 0 Å². The number of hydrogen-bond acceptors (Lipinski definition) is 4. The lowest BCUT2D eigenvalue weighted by atomic mass is 9.74. The van der Waals surface area contributed by atoms with Gasteiger partial charge in [-0.3, -0.25) is 4.90 Å². The summed E-state index contributed by atoms with van der Waals surface area (Å²) in [6.45, 7) is 5.58. The first-order chi connectivity index (χ1) is 12.8. The van der Waals surface area contributed by atoms with E-state index < -0.39 is 12.5 Å². The fraction of sp³-hybridized carbons (Fsp3) is 0.700. The van der Waals surface area contributed by atoms with Gasteiger partial charge in [0, 0.05) is 38.1 Å². The lowest BCUT2D eigenvalue weighted by Gasteiger charge is -2.40. The van der Waals surface area contributed by atoms with E-state index >= 15 is 0 Å². The minimum atomic E-state index is -4.70. The largest absolute Gasteiger partial charge is 0.573 e. The summed E-state index contributed by atoms with van der Waals surface area (Å²) >= 11 is 0. The van der Waals surface area contributed by atoms with Gasteiger partial charge < -0.3 is 15.2 Å². The number of aliphatic hydroxyl groups is 1. The average Bonchev–Trinajstić information content (AvgIpc) is 2.59. The van der Waals surface area contributed by atoms with Crippen LogP contribution in [-0.4, -0.2) is 54.7 Å². The monoisotopic (exact) mass is 386 g/mol. The molecule has 1 aliphatic carbocycles. The molecular formula is C20H29F3N2O2.